The SMILES string of the molecule is CCCCCCCCC/C=C\CCCCCCCC(=O)OC(COC(=O)CCCCCCCCCCCCCCCC)COC(=O)CCCCCCCCCCCCCCCCCCCCCCCCCCCCCCCC. The second-order valence-electron chi connectivity index (χ2n) is 24.5. The van der Waals surface area contributed by atoms with Gasteiger partial charge in [0.05, 0.1) is 0 Å². The summed E-state index contributed by atoms with van der Waals surface area (Å²) < 4.78 is 17.0. The second-order valence-corrected chi connectivity index (χ2v) is 24.5. The van der Waals surface area contributed by atoms with Crippen molar-refractivity contribution in [3.8, 4) is 0 Å². The van der Waals surface area contributed by atoms with Crippen molar-refractivity contribution in [3.05, 3.63) is 12.2 Å². The van der Waals surface area contributed by atoms with Crippen LogP contribution in [0.15, 0.2) is 12.2 Å². The van der Waals surface area contributed by atoms with Gasteiger partial charge in [0.2, 0.25) is 0 Å². The van der Waals surface area contributed by atoms with E-state index in [9.17, 15) is 14.4 Å². The number of rotatable bonds is 67. The van der Waals surface area contributed by atoms with Crippen LogP contribution >= 0.6 is 0 Å². The molecule has 0 rings (SSSR count). The van der Waals surface area contributed by atoms with Gasteiger partial charge in [-0.1, -0.05) is 360 Å². The molecule has 0 spiro atoms. The smallest absolute Gasteiger partial charge is 0.306 e. The predicted molar refractivity (Wildman–Crippen MR) is 340 cm³/mol. The summed E-state index contributed by atoms with van der Waals surface area (Å²) in [4.78, 5) is 38.4. The van der Waals surface area contributed by atoms with Crippen molar-refractivity contribution in [2.24, 2.45) is 0 Å². The molecule has 0 aromatic heterocycles. The molecule has 0 amide bonds. The zero-order valence-corrected chi connectivity index (χ0v) is 53.2. The maximum atomic E-state index is 12.9. The minimum Gasteiger partial charge on any atom is -0.462 e. The molecule has 1 atom stereocenters. The van der Waals surface area contributed by atoms with Gasteiger partial charge in [-0.25, -0.2) is 0 Å². The summed E-state index contributed by atoms with van der Waals surface area (Å²) in [7, 11) is 0. The third kappa shape index (κ3) is 65.0. The largest absolute Gasteiger partial charge is 0.462 e. The molecule has 0 aromatic carbocycles. The fraction of sp³-hybridized carbons (Fsp3) is 0.931. The van der Waals surface area contributed by atoms with E-state index in [1.54, 1.807) is 0 Å². The number of carbonyl (C=O) groups is 3. The van der Waals surface area contributed by atoms with Gasteiger partial charge in [-0.15, -0.1) is 0 Å². The molecule has 0 heterocycles. The van der Waals surface area contributed by atoms with Gasteiger partial charge in [0, 0.05) is 19.3 Å². The molecule has 78 heavy (non-hydrogen) atoms. The molecule has 0 bridgehead atoms. The van der Waals surface area contributed by atoms with Gasteiger partial charge in [0.25, 0.3) is 0 Å². The Bertz CT molecular complexity index is 1210. The highest BCUT2D eigenvalue weighted by atomic mass is 16.6. The maximum absolute atomic E-state index is 12.9. The molecule has 0 fully saturated rings. The number of unbranched alkanes of at least 4 members (excludes halogenated alkanes) is 54. The first-order chi connectivity index (χ1) is 38.5. The Morgan fingerprint density at radius 2 is 0.423 bits per heavy atom. The summed E-state index contributed by atoms with van der Waals surface area (Å²) in [6, 6.07) is 0. The lowest BCUT2D eigenvalue weighted by atomic mass is 10.0. The van der Waals surface area contributed by atoms with Crippen molar-refractivity contribution >= 4 is 17.9 Å². The average molecular weight is 1100 g/mol. The summed E-state index contributed by atoms with van der Waals surface area (Å²) in [5, 5.41) is 0. The Balaban J connectivity index is 4.13. The fourth-order valence-corrected chi connectivity index (χ4v) is 11.2. The monoisotopic (exact) mass is 1100 g/mol. The van der Waals surface area contributed by atoms with E-state index in [-0.39, 0.29) is 31.1 Å². The molecule has 0 saturated carbocycles. The van der Waals surface area contributed by atoms with Gasteiger partial charge < -0.3 is 14.2 Å². The van der Waals surface area contributed by atoms with Gasteiger partial charge in [0.1, 0.15) is 13.2 Å². The Hall–Kier alpha value is -1.85. The number of allylic oxidation sites excluding steroid dienone is 2. The lowest BCUT2D eigenvalue weighted by Gasteiger charge is -2.18. The molecule has 0 N–H and O–H groups in total. The first-order valence-electron chi connectivity index (χ1n) is 35.7. The van der Waals surface area contributed by atoms with Crippen molar-refractivity contribution in [2.45, 2.75) is 419 Å². The lowest BCUT2D eigenvalue weighted by molar-refractivity contribution is -0.167. The maximum Gasteiger partial charge on any atom is 0.306 e. The number of esters is 3. The number of carbonyl (C=O) groups excluding carboxylic acids is 3. The van der Waals surface area contributed by atoms with E-state index < -0.39 is 6.10 Å². The van der Waals surface area contributed by atoms with Crippen molar-refractivity contribution in [3.63, 3.8) is 0 Å². The fourth-order valence-electron chi connectivity index (χ4n) is 11.2. The lowest BCUT2D eigenvalue weighted by Crippen LogP contribution is -2.30. The van der Waals surface area contributed by atoms with E-state index in [1.165, 1.54) is 308 Å². The van der Waals surface area contributed by atoms with Crippen LogP contribution in [-0.4, -0.2) is 37.2 Å². The van der Waals surface area contributed by atoms with Gasteiger partial charge >= 0.3 is 17.9 Å². The van der Waals surface area contributed by atoms with E-state index in [1.807, 2.05) is 0 Å². The Kier molecular flexibility index (Phi) is 66.0. The van der Waals surface area contributed by atoms with Crippen molar-refractivity contribution in [1.29, 1.82) is 0 Å². The molecule has 0 aliphatic heterocycles. The minimum atomic E-state index is -0.770. The first-order valence-corrected chi connectivity index (χ1v) is 35.7. The van der Waals surface area contributed by atoms with Crippen LogP contribution in [0.25, 0.3) is 0 Å². The molecule has 0 aliphatic carbocycles. The molecule has 6 heteroatoms. The summed E-state index contributed by atoms with van der Waals surface area (Å²) >= 11 is 0. The van der Waals surface area contributed by atoms with Gasteiger partial charge in [0.15, 0.2) is 6.10 Å². The number of hydrogen-bond acceptors (Lipinski definition) is 6. The highest BCUT2D eigenvalue weighted by molar-refractivity contribution is 5.71. The van der Waals surface area contributed by atoms with Crippen LogP contribution in [0.3, 0.4) is 0 Å². The molecule has 0 aliphatic rings. The molecule has 0 saturated heterocycles. The van der Waals surface area contributed by atoms with Crippen LogP contribution in [0.2, 0.25) is 0 Å². The van der Waals surface area contributed by atoms with Crippen LogP contribution in [-0.2, 0) is 28.6 Å². The van der Waals surface area contributed by atoms with E-state index in [2.05, 4.69) is 32.9 Å². The van der Waals surface area contributed by atoms with E-state index >= 15 is 0 Å². The topological polar surface area (TPSA) is 78.9 Å². The van der Waals surface area contributed by atoms with Crippen LogP contribution < -0.4 is 0 Å². The third-order valence-electron chi connectivity index (χ3n) is 16.5. The summed E-state index contributed by atoms with van der Waals surface area (Å²) in [5.74, 6) is -0.841. The summed E-state index contributed by atoms with van der Waals surface area (Å²) in [5.41, 5.74) is 0. The van der Waals surface area contributed by atoms with Gasteiger partial charge in [-0.05, 0) is 44.9 Å². The zero-order valence-electron chi connectivity index (χ0n) is 53.2. The van der Waals surface area contributed by atoms with E-state index in [0.29, 0.717) is 19.3 Å². The quantitative estimate of drug-likeness (QED) is 0.0261. The van der Waals surface area contributed by atoms with Crippen molar-refractivity contribution < 1.29 is 28.6 Å². The standard InChI is InChI=1S/C72H138O6/c1-4-7-10-13-16-19-22-25-28-30-31-32-33-34-35-36-37-38-39-40-41-42-43-45-47-50-53-56-59-62-65-71(74)77-68-69(67-76-70(73)64-61-58-55-52-49-46-27-24-21-18-15-12-9-6-3)78-72(75)66-63-60-57-54-51-48-44-29-26-23-20-17-14-11-8-5-2/h29,44,69H,4-28,30-43,45-68H2,1-3H3/b44-29-. The van der Waals surface area contributed by atoms with Gasteiger partial charge in [-0.2, -0.15) is 0 Å². The van der Waals surface area contributed by atoms with Gasteiger partial charge in [-0.3, -0.25) is 14.4 Å². The summed E-state index contributed by atoms with van der Waals surface area (Å²) in [6.45, 7) is 6.72. The minimum absolute atomic E-state index is 0.0667. The highest BCUT2D eigenvalue weighted by Crippen LogP contribution is 2.19. The average Bonchev–Trinajstić information content (AvgIpc) is 3.44. The molecule has 0 aromatic rings. The number of ether oxygens (including phenoxy) is 3. The van der Waals surface area contributed by atoms with Crippen molar-refractivity contribution in [1.82, 2.24) is 0 Å². The molecular weight excluding hydrogens is 961 g/mol. The third-order valence-corrected chi connectivity index (χ3v) is 16.5. The highest BCUT2D eigenvalue weighted by Gasteiger charge is 2.19. The summed E-state index contributed by atoms with van der Waals surface area (Å²) in [6.07, 6.45) is 81.1. The van der Waals surface area contributed by atoms with Crippen LogP contribution in [0.1, 0.15) is 412 Å². The Morgan fingerprint density at radius 1 is 0.244 bits per heavy atom. The molecule has 1 unspecified atom stereocenters. The predicted octanol–water partition coefficient (Wildman–Crippen LogP) is 24.4. The Labute approximate surface area is 488 Å². The van der Waals surface area contributed by atoms with Crippen LogP contribution in [0.4, 0.5) is 0 Å². The molecule has 6 nitrogen and oxygen atoms in total. The van der Waals surface area contributed by atoms with E-state index in [4.69, 9.17) is 14.2 Å². The second kappa shape index (κ2) is 67.7. The molecule has 462 valence electrons. The van der Waals surface area contributed by atoms with Crippen molar-refractivity contribution in [2.75, 3.05) is 13.2 Å². The zero-order chi connectivity index (χ0) is 56.4. The first kappa shape index (κ1) is 76.1. The van der Waals surface area contributed by atoms with Crippen LogP contribution in [0, 0.1) is 0 Å². The van der Waals surface area contributed by atoms with Crippen LogP contribution in [0.5, 0.6) is 0 Å². The normalized spacial score (nSPS) is 12.0. The Morgan fingerprint density at radius 3 is 0.641 bits per heavy atom. The molecule has 0 radical (unpaired) electrons. The number of hydrogen-bond donors (Lipinski definition) is 0. The molecular formula is C72H138O6. The van der Waals surface area contributed by atoms with E-state index in [0.717, 1.165) is 64.2 Å².